The van der Waals surface area contributed by atoms with Gasteiger partial charge in [0.25, 0.3) is 11.8 Å². The number of amides is 2. The predicted octanol–water partition coefficient (Wildman–Crippen LogP) is 3.20. The van der Waals surface area contributed by atoms with E-state index in [0.717, 1.165) is 0 Å². The van der Waals surface area contributed by atoms with E-state index in [2.05, 4.69) is 4.74 Å². The summed E-state index contributed by atoms with van der Waals surface area (Å²) in [5.41, 5.74) is 0.202. The van der Waals surface area contributed by atoms with E-state index < -0.39 is 17.4 Å². The van der Waals surface area contributed by atoms with Gasteiger partial charge in [-0.1, -0.05) is 31.2 Å². The van der Waals surface area contributed by atoms with Crippen molar-refractivity contribution in [3.05, 3.63) is 60.2 Å². The van der Waals surface area contributed by atoms with E-state index >= 15 is 0 Å². The molecule has 2 aliphatic rings. The summed E-state index contributed by atoms with van der Waals surface area (Å²) in [5, 5.41) is 21.1. The van der Waals surface area contributed by atoms with Crippen LogP contribution in [0.4, 0.5) is 17.1 Å². The molecule has 0 radical (unpaired) electrons. The molecule has 2 aromatic rings. The lowest BCUT2D eigenvalue weighted by Gasteiger charge is -2.31. The summed E-state index contributed by atoms with van der Waals surface area (Å²) in [5.74, 6) is -1.07. The summed E-state index contributed by atoms with van der Waals surface area (Å²) >= 11 is 0. The number of rotatable bonds is 10. The minimum atomic E-state index is -1.87. The van der Waals surface area contributed by atoms with E-state index in [9.17, 15) is 19.5 Å². The molecule has 0 unspecified atom stereocenters. The molecule has 0 spiro atoms. The molecule has 2 heterocycles. The second-order valence-corrected chi connectivity index (χ2v) is 9.17. The van der Waals surface area contributed by atoms with Crippen LogP contribution in [-0.4, -0.2) is 54.9 Å². The van der Waals surface area contributed by atoms with E-state index in [1.54, 1.807) is 54.3 Å². The lowest BCUT2D eigenvalue weighted by Crippen LogP contribution is -2.44. The normalized spacial score (nSPS) is 19.6. The number of hydrogen-bond donors (Lipinski definition) is 2. The molecule has 2 amide bonds. The van der Waals surface area contributed by atoms with Gasteiger partial charge in [-0.2, -0.15) is 0 Å². The van der Waals surface area contributed by atoms with Crippen LogP contribution in [0, 0.1) is 5.92 Å². The topological polar surface area (TPSA) is 117 Å². The number of para-hydroxylation sites is 2. The lowest BCUT2D eigenvalue weighted by atomic mass is 9.82. The zero-order chi connectivity index (χ0) is 26.6. The molecule has 4 rings (SSSR count). The van der Waals surface area contributed by atoms with Crippen LogP contribution < -0.4 is 14.5 Å². The Morgan fingerprint density at radius 3 is 2.73 bits per heavy atom. The number of carbonyl (C=O) groups is 3. The number of benzene rings is 2. The van der Waals surface area contributed by atoms with Gasteiger partial charge in [-0.3, -0.25) is 19.3 Å². The maximum atomic E-state index is 13.7. The van der Waals surface area contributed by atoms with Gasteiger partial charge in [-0.15, -0.1) is 0 Å². The molecule has 37 heavy (non-hydrogen) atoms. The molecule has 2 N–H and O–H groups in total. The van der Waals surface area contributed by atoms with Gasteiger partial charge in [0.1, 0.15) is 5.75 Å². The van der Waals surface area contributed by atoms with Crippen molar-refractivity contribution in [2.45, 2.75) is 38.2 Å². The molecule has 0 aromatic heterocycles. The highest BCUT2D eigenvalue weighted by Gasteiger charge is 2.52. The Morgan fingerprint density at radius 1 is 1.19 bits per heavy atom. The van der Waals surface area contributed by atoms with Gasteiger partial charge in [0.05, 0.1) is 18.5 Å². The van der Waals surface area contributed by atoms with Crippen LogP contribution in [0.5, 0.6) is 5.75 Å². The molecule has 0 bridgehead atoms. The fourth-order valence-electron chi connectivity index (χ4n) is 4.84. The Hall–Kier alpha value is -3.69. The van der Waals surface area contributed by atoms with E-state index in [-0.39, 0.29) is 31.5 Å². The van der Waals surface area contributed by atoms with E-state index in [0.29, 0.717) is 54.2 Å². The Morgan fingerprint density at radius 2 is 1.97 bits per heavy atom. The summed E-state index contributed by atoms with van der Waals surface area (Å²) in [7, 11) is 1.34. The SMILES string of the molecule is COC(=O)CCCCN1C(=O)[C@@](O)([C@@H](C)/C=C/CCO)c2cc(N3C(=O)COc4ccccc43)ccc21. The number of fused-ring (bicyclic) bond motifs is 2. The van der Waals surface area contributed by atoms with Gasteiger partial charge in [0, 0.05) is 36.7 Å². The summed E-state index contributed by atoms with van der Waals surface area (Å²) in [6.45, 7) is 1.90. The minimum absolute atomic E-state index is 0.0405. The van der Waals surface area contributed by atoms with Gasteiger partial charge in [0.2, 0.25) is 0 Å². The van der Waals surface area contributed by atoms with Gasteiger partial charge in [0.15, 0.2) is 12.2 Å². The zero-order valence-electron chi connectivity index (χ0n) is 21.1. The van der Waals surface area contributed by atoms with Crippen LogP contribution in [0.1, 0.15) is 38.2 Å². The number of ether oxygens (including phenoxy) is 2. The molecule has 0 fully saturated rings. The van der Waals surface area contributed by atoms with Crippen LogP contribution in [0.3, 0.4) is 0 Å². The third-order valence-corrected chi connectivity index (χ3v) is 6.84. The van der Waals surface area contributed by atoms with Crippen LogP contribution in [0.15, 0.2) is 54.6 Å². The Bertz CT molecular complexity index is 1210. The van der Waals surface area contributed by atoms with Gasteiger partial charge in [-0.05, 0) is 49.6 Å². The number of aliphatic hydroxyl groups excluding tert-OH is 1. The predicted molar refractivity (Wildman–Crippen MR) is 138 cm³/mol. The van der Waals surface area contributed by atoms with E-state index in [1.807, 2.05) is 12.1 Å². The highest BCUT2D eigenvalue weighted by Crippen LogP contribution is 2.48. The Labute approximate surface area is 215 Å². The highest BCUT2D eigenvalue weighted by atomic mass is 16.5. The molecule has 2 aromatic carbocycles. The number of nitrogens with zero attached hydrogens (tertiary/aromatic N) is 2. The minimum Gasteiger partial charge on any atom is -0.482 e. The maximum Gasteiger partial charge on any atom is 0.305 e. The quantitative estimate of drug-likeness (QED) is 0.288. The molecule has 2 atom stereocenters. The van der Waals surface area contributed by atoms with Crippen molar-refractivity contribution in [1.29, 1.82) is 0 Å². The van der Waals surface area contributed by atoms with Crippen molar-refractivity contribution in [3.8, 4) is 5.75 Å². The summed E-state index contributed by atoms with van der Waals surface area (Å²) in [6.07, 6.45) is 5.18. The molecule has 9 nitrogen and oxygen atoms in total. The first-order valence-electron chi connectivity index (χ1n) is 12.4. The first-order chi connectivity index (χ1) is 17.8. The fraction of sp³-hybridized carbons (Fsp3) is 0.393. The number of methoxy groups -OCH3 is 1. The van der Waals surface area contributed by atoms with Crippen molar-refractivity contribution < 1.29 is 34.1 Å². The Balaban J connectivity index is 1.72. The number of hydrogen-bond acceptors (Lipinski definition) is 7. The zero-order valence-corrected chi connectivity index (χ0v) is 21.1. The molecular formula is C28H32N2O7. The number of esters is 1. The summed E-state index contributed by atoms with van der Waals surface area (Å²) in [6, 6.07) is 12.4. The summed E-state index contributed by atoms with van der Waals surface area (Å²) in [4.78, 5) is 41.2. The van der Waals surface area contributed by atoms with E-state index in [1.165, 1.54) is 12.0 Å². The van der Waals surface area contributed by atoms with E-state index in [4.69, 9.17) is 9.84 Å². The fourth-order valence-corrected chi connectivity index (χ4v) is 4.84. The molecule has 2 aliphatic heterocycles. The van der Waals surface area contributed by atoms with Crippen LogP contribution >= 0.6 is 0 Å². The number of unbranched alkanes of at least 4 members (excludes halogenated alkanes) is 1. The largest absolute Gasteiger partial charge is 0.482 e. The molecule has 9 heteroatoms. The van der Waals surface area contributed by atoms with Crippen molar-refractivity contribution in [3.63, 3.8) is 0 Å². The summed E-state index contributed by atoms with van der Waals surface area (Å²) < 4.78 is 10.3. The van der Waals surface area contributed by atoms with Crippen LogP contribution in [-0.2, 0) is 24.7 Å². The second kappa shape index (κ2) is 11.1. The highest BCUT2D eigenvalue weighted by molar-refractivity contribution is 6.09. The van der Waals surface area contributed by atoms with Crippen molar-refractivity contribution in [2.24, 2.45) is 5.92 Å². The lowest BCUT2D eigenvalue weighted by molar-refractivity contribution is -0.140. The number of aliphatic hydroxyl groups is 2. The molecule has 196 valence electrons. The van der Waals surface area contributed by atoms with Gasteiger partial charge < -0.3 is 24.6 Å². The third kappa shape index (κ3) is 4.97. The van der Waals surface area contributed by atoms with Crippen LogP contribution in [0.25, 0.3) is 0 Å². The molecular weight excluding hydrogens is 476 g/mol. The number of carbonyl (C=O) groups excluding carboxylic acids is 3. The molecule has 0 saturated heterocycles. The third-order valence-electron chi connectivity index (χ3n) is 6.84. The average Bonchev–Trinajstić information content (AvgIpc) is 3.12. The monoisotopic (exact) mass is 508 g/mol. The first kappa shape index (κ1) is 26.4. The second-order valence-electron chi connectivity index (χ2n) is 9.17. The van der Waals surface area contributed by atoms with Crippen molar-refractivity contribution >= 4 is 34.8 Å². The maximum absolute atomic E-state index is 13.7. The molecule has 0 aliphatic carbocycles. The van der Waals surface area contributed by atoms with Gasteiger partial charge >= 0.3 is 5.97 Å². The Kier molecular flexibility index (Phi) is 7.94. The average molecular weight is 509 g/mol. The van der Waals surface area contributed by atoms with Gasteiger partial charge in [-0.25, -0.2) is 0 Å². The standard InChI is InChI=1S/C28H32N2O7/c1-19(9-6-8-16-31)28(35)21-17-20(30-23-10-3-4-11-24(23)37-18-25(30)32)13-14-22(21)29(27(28)34)15-7-5-12-26(33)36-2/h3-4,6,9-11,13-14,17,19,31,35H,5,7-8,12,15-16,18H2,1-2H3/b9-6+/t19-,28+/m0/s1. The van der Waals surface area contributed by atoms with Crippen molar-refractivity contribution in [2.75, 3.05) is 36.7 Å². The van der Waals surface area contributed by atoms with Crippen LogP contribution in [0.2, 0.25) is 0 Å². The smallest absolute Gasteiger partial charge is 0.305 e. The molecule has 0 saturated carbocycles. The first-order valence-corrected chi connectivity index (χ1v) is 12.4. The van der Waals surface area contributed by atoms with Crippen molar-refractivity contribution in [1.82, 2.24) is 0 Å². The number of anilines is 3.